The van der Waals surface area contributed by atoms with E-state index in [-0.39, 0.29) is 0 Å². The summed E-state index contributed by atoms with van der Waals surface area (Å²) in [6.45, 7) is 7.66. The summed E-state index contributed by atoms with van der Waals surface area (Å²) in [5.41, 5.74) is 2.88. The van der Waals surface area contributed by atoms with Gasteiger partial charge in [-0.15, -0.1) is 0 Å². The Bertz CT molecular complexity index is 294. The van der Waals surface area contributed by atoms with Crippen molar-refractivity contribution in [1.82, 2.24) is 5.32 Å². The molecule has 0 aromatic heterocycles. The summed E-state index contributed by atoms with van der Waals surface area (Å²) >= 11 is 2.00. The molecule has 0 aliphatic heterocycles. The van der Waals surface area contributed by atoms with E-state index in [4.69, 9.17) is 0 Å². The van der Waals surface area contributed by atoms with Gasteiger partial charge < -0.3 is 5.32 Å². The van der Waals surface area contributed by atoms with Crippen molar-refractivity contribution in [3.05, 3.63) is 35.4 Å². The highest BCUT2D eigenvalue weighted by atomic mass is 32.2. The van der Waals surface area contributed by atoms with E-state index in [0.29, 0.717) is 6.04 Å². The molecule has 1 rings (SSSR count). The van der Waals surface area contributed by atoms with Gasteiger partial charge in [-0.25, -0.2) is 0 Å². The lowest BCUT2D eigenvalue weighted by Crippen LogP contribution is -2.23. The molecule has 0 saturated heterocycles. The van der Waals surface area contributed by atoms with Gasteiger partial charge in [0, 0.05) is 11.8 Å². The van der Waals surface area contributed by atoms with Crippen LogP contribution >= 0.6 is 11.8 Å². The number of benzene rings is 1. The van der Waals surface area contributed by atoms with Gasteiger partial charge in [0.1, 0.15) is 0 Å². The van der Waals surface area contributed by atoms with Crippen LogP contribution in [0, 0.1) is 0 Å². The molecule has 0 fully saturated rings. The van der Waals surface area contributed by atoms with Crippen LogP contribution in [0.15, 0.2) is 24.3 Å². The molecule has 1 atom stereocenters. The van der Waals surface area contributed by atoms with E-state index in [1.807, 2.05) is 11.8 Å². The summed E-state index contributed by atoms with van der Waals surface area (Å²) in [6.07, 6.45) is 2.41. The molecule has 0 radical (unpaired) electrons. The van der Waals surface area contributed by atoms with Gasteiger partial charge in [-0.05, 0) is 29.8 Å². The first-order chi connectivity index (χ1) is 8.31. The lowest BCUT2D eigenvalue weighted by molar-refractivity contribution is 0.606. The Morgan fingerprint density at radius 1 is 1.12 bits per heavy atom. The monoisotopic (exact) mass is 251 g/mol. The summed E-state index contributed by atoms with van der Waals surface area (Å²) in [4.78, 5) is 0. The number of thioether (sulfide) groups is 1. The Morgan fingerprint density at radius 2 is 1.82 bits per heavy atom. The normalized spacial score (nSPS) is 12.6. The van der Waals surface area contributed by atoms with E-state index >= 15 is 0 Å². The van der Waals surface area contributed by atoms with E-state index in [9.17, 15) is 0 Å². The SMILES string of the molecule is CCCc1ccc(C(CSCC)NCC)cc1. The van der Waals surface area contributed by atoms with Crippen LogP contribution in [-0.2, 0) is 6.42 Å². The molecule has 1 N–H and O–H groups in total. The van der Waals surface area contributed by atoms with Crippen molar-refractivity contribution in [3.8, 4) is 0 Å². The van der Waals surface area contributed by atoms with E-state index in [0.717, 1.165) is 12.3 Å². The molecule has 0 aliphatic carbocycles. The first-order valence-electron chi connectivity index (χ1n) is 6.71. The number of rotatable bonds is 8. The Labute approximate surface area is 110 Å². The summed E-state index contributed by atoms with van der Waals surface area (Å²) in [5.74, 6) is 2.35. The summed E-state index contributed by atoms with van der Waals surface area (Å²) in [5, 5.41) is 3.56. The Kier molecular flexibility index (Phi) is 7.38. The first-order valence-corrected chi connectivity index (χ1v) is 7.87. The minimum absolute atomic E-state index is 0.501. The predicted molar refractivity (Wildman–Crippen MR) is 79.9 cm³/mol. The Hall–Kier alpha value is -0.470. The highest BCUT2D eigenvalue weighted by molar-refractivity contribution is 7.99. The smallest absolute Gasteiger partial charge is 0.0411 e. The molecule has 1 nitrogen and oxygen atoms in total. The molecule has 0 saturated carbocycles. The van der Waals surface area contributed by atoms with Gasteiger partial charge >= 0.3 is 0 Å². The maximum Gasteiger partial charge on any atom is 0.0411 e. The average Bonchev–Trinajstić information content (AvgIpc) is 2.36. The van der Waals surface area contributed by atoms with Crippen molar-refractivity contribution in [2.75, 3.05) is 18.1 Å². The maximum absolute atomic E-state index is 3.56. The molecule has 2 heteroatoms. The second-order valence-corrected chi connectivity index (χ2v) is 5.58. The van der Waals surface area contributed by atoms with Crippen molar-refractivity contribution in [2.24, 2.45) is 0 Å². The molecular weight excluding hydrogens is 226 g/mol. The molecule has 96 valence electrons. The minimum atomic E-state index is 0.501. The fraction of sp³-hybridized carbons (Fsp3) is 0.600. The molecule has 0 bridgehead atoms. The number of nitrogens with one attached hydrogen (secondary N) is 1. The number of aryl methyl sites for hydroxylation is 1. The zero-order valence-corrected chi connectivity index (χ0v) is 12.1. The summed E-state index contributed by atoms with van der Waals surface area (Å²) in [7, 11) is 0. The van der Waals surface area contributed by atoms with Crippen LogP contribution in [0.25, 0.3) is 0 Å². The van der Waals surface area contributed by atoms with Crippen LogP contribution in [0.1, 0.15) is 44.4 Å². The highest BCUT2D eigenvalue weighted by Crippen LogP contribution is 2.19. The van der Waals surface area contributed by atoms with Gasteiger partial charge in [-0.2, -0.15) is 11.8 Å². The standard InChI is InChI=1S/C15H25NS/c1-4-7-13-8-10-14(11-9-13)15(16-5-2)12-17-6-3/h8-11,15-16H,4-7,12H2,1-3H3. The van der Waals surface area contributed by atoms with E-state index in [1.54, 1.807) is 0 Å². The second-order valence-electron chi connectivity index (χ2n) is 4.26. The first kappa shape index (κ1) is 14.6. The molecule has 1 aromatic rings. The molecule has 17 heavy (non-hydrogen) atoms. The zero-order chi connectivity index (χ0) is 12.5. The molecule has 1 aromatic carbocycles. The zero-order valence-electron chi connectivity index (χ0n) is 11.3. The fourth-order valence-corrected chi connectivity index (χ4v) is 2.74. The minimum Gasteiger partial charge on any atom is -0.310 e. The molecule has 0 amide bonds. The summed E-state index contributed by atoms with van der Waals surface area (Å²) in [6, 6.07) is 9.63. The van der Waals surface area contributed by atoms with E-state index in [2.05, 4.69) is 50.4 Å². The Balaban J connectivity index is 2.65. The van der Waals surface area contributed by atoms with Gasteiger partial charge in [0.05, 0.1) is 0 Å². The second kappa shape index (κ2) is 8.60. The topological polar surface area (TPSA) is 12.0 Å². The average molecular weight is 251 g/mol. The molecule has 0 aliphatic rings. The quantitative estimate of drug-likeness (QED) is 0.748. The van der Waals surface area contributed by atoms with Crippen LogP contribution in [0.2, 0.25) is 0 Å². The van der Waals surface area contributed by atoms with Gasteiger partial charge in [0.2, 0.25) is 0 Å². The van der Waals surface area contributed by atoms with Gasteiger partial charge in [0.25, 0.3) is 0 Å². The number of hydrogen-bond donors (Lipinski definition) is 1. The van der Waals surface area contributed by atoms with Gasteiger partial charge in [-0.1, -0.05) is 51.5 Å². The third kappa shape index (κ3) is 5.13. The fourth-order valence-electron chi connectivity index (χ4n) is 1.96. The molecule has 1 unspecified atom stereocenters. The van der Waals surface area contributed by atoms with Crippen molar-refractivity contribution >= 4 is 11.8 Å². The van der Waals surface area contributed by atoms with Crippen molar-refractivity contribution in [2.45, 2.75) is 39.7 Å². The highest BCUT2D eigenvalue weighted by Gasteiger charge is 2.09. The molecular formula is C15H25NS. The third-order valence-corrected chi connectivity index (χ3v) is 3.84. The predicted octanol–water partition coefficient (Wildman–Crippen LogP) is 4.04. The van der Waals surface area contributed by atoms with Crippen molar-refractivity contribution < 1.29 is 0 Å². The van der Waals surface area contributed by atoms with Crippen LogP contribution in [0.3, 0.4) is 0 Å². The number of hydrogen-bond acceptors (Lipinski definition) is 2. The van der Waals surface area contributed by atoms with Crippen LogP contribution in [0.4, 0.5) is 0 Å². The maximum atomic E-state index is 3.56. The Morgan fingerprint density at radius 3 is 2.35 bits per heavy atom. The van der Waals surface area contributed by atoms with Gasteiger partial charge in [-0.3, -0.25) is 0 Å². The third-order valence-electron chi connectivity index (χ3n) is 2.86. The summed E-state index contributed by atoms with van der Waals surface area (Å²) < 4.78 is 0. The van der Waals surface area contributed by atoms with E-state index in [1.165, 1.54) is 29.7 Å². The largest absolute Gasteiger partial charge is 0.310 e. The van der Waals surface area contributed by atoms with Crippen molar-refractivity contribution in [1.29, 1.82) is 0 Å². The van der Waals surface area contributed by atoms with Crippen LogP contribution < -0.4 is 5.32 Å². The molecule has 0 heterocycles. The van der Waals surface area contributed by atoms with Crippen molar-refractivity contribution in [3.63, 3.8) is 0 Å². The van der Waals surface area contributed by atoms with E-state index < -0.39 is 0 Å². The van der Waals surface area contributed by atoms with Gasteiger partial charge in [0.15, 0.2) is 0 Å². The lowest BCUT2D eigenvalue weighted by Gasteiger charge is -2.18. The lowest BCUT2D eigenvalue weighted by atomic mass is 10.0. The van der Waals surface area contributed by atoms with Crippen LogP contribution in [-0.4, -0.2) is 18.1 Å². The molecule has 0 spiro atoms. The van der Waals surface area contributed by atoms with Crippen LogP contribution in [0.5, 0.6) is 0 Å².